The van der Waals surface area contributed by atoms with Gasteiger partial charge in [-0.1, -0.05) is 12.7 Å². The van der Waals surface area contributed by atoms with Crippen molar-refractivity contribution in [2.75, 3.05) is 7.11 Å². The molecular formula is C11H9FN2O. The summed E-state index contributed by atoms with van der Waals surface area (Å²) in [5.41, 5.74) is 1.43. The van der Waals surface area contributed by atoms with E-state index < -0.39 is 0 Å². The van der Waals surface area contributed by atoms with Crippen molar-refractivity contribution < 1.29 is 9.13 Å². The van der Waals surface area contributed by atoms with Gasteiger partial charge in [-0.2, -0.15) is 0 Å². The van der Waals surface area contributed by atoms with Gasteiger partial charge in [0.2, 0.25) is 5.88 Å². The van der Waals surface area contributed by atoms with Gasteiger partial charge in [0.05, 0.1) is 18.8 Å². The van der Waals surface area contributed by atoms with Crippen LogP contribution in [0.15, 0.2) is 24.9 Å². The number of aromatic nitrogens is 2. The molecule has 0 bridgehead atoms. The SMILES string of the molecule is C=Cc1c(F)ccc2ncc(OC)nc12. The summed E-state index contributed by atoms with van der Waals surface area (Å²) in [5, 5.41) is 0. The van der Waals surface area contributed by atoms with Crippen LogP contribution in [0.2, 0.25) is 0 Å². The van der Waals surface area contributed by atoms with Crippen LogP contribution in [0, 0.1) is 5.82 Å². The molecule has 0 fully saturated rings. The lowest BCUT2D eigenvalue weighted by Crippen LogP contribution is -1.94. The van der Waals surface area contributed by atoms with Gasteiger partial charge in [-0.25, -0.2) is 14.4 Å². The molecule has 3 nitrogen and oxygen atoms in total. The molecule has 0 atom stereocenters. The van der Waals surface area contributed by atoms with Gasteiger partial charge in [0.15, 0.2) is 0 Å². The predicted octanol–water partition coefficient (Wildman–Crippen LogP) is 2.42. The van der Waals surface area contributed by atoms with E-state index in [0.717, 1.165) is 0 Å². The molecule has 15 heavy (non-hydrogen) atoms. The summed E-state index contributed by atoms with van der Waals surface area (Å²) in [4.78, 5) is 8.23. The van der Waals surface area contributed by atoms with Crippen molar-refractivity contribution >= 4 is 17.1 Å². The van der Waals surface area contributed by atoms with E-state index >= 15 is 0 Å². The van der Waals surface area contributed by atoms with Crippen LogP contribution in [-0.2, 0) is 0 Å². The Labute approximate surface area is 86.2 Å². The fraction of sp³-hybridized carbons (Fsp3) is 0.0909. The van der Waals surface area contributed by atoms with Crippen molar-refractivity contribution in [1.82, 2.24) is 9.97 Å². The van der Waals surface area contributed by atoms with Gasteiger partial charge in [0.25, 0.3) is 0 Å². The predicted molar refractivity (Wildman–Crippen MR) is 56.1 cm³/mol. The van der Waals surface area contributed by atoms with E-state index in [0.29, 0.717) is 22.5 Å². The molecule has 0 saturated heterocycles. The minimum absolute atomic E-state index is 0.346. The van der Waals surface area contributed by atoms with E-state index in [9.17, 15) is 4.39 Å². The average molecular weight is 204 g/mol. The van der Waals surface area contributed by atoms with Gasteiger partial charge in [0.1, 0.15) is 11.3 Å². The second-order valence-corrected chi connectivity index (χ2v) is 2.95. The number of benzene rings is 1. The highest BCUT2D eigenvalue weighted by Gasteiger charge is 2.07. The Morgan fingerprint density at radius 3 is 2.93 bits per heavy atom. The lowest BCUT2D eigenvalue weighted by atomic mass is 10.1. The molecule has 0 spiro atoms. The molecular weight excluding hydrogens is 195 g/mol. The number of halogens is 1. The summed E-state index contributed by atoms with van der Waals surface area (Å²) in [6.45, 7) is 3.55. The highest BCUT2D eigenvalue weighted by Crippen LogP contribution is 2.21. The fourth-order valence-corrected chi connectivity index (χ4v) is 1.35. The molecule has 4 heteroatoms. The Morgan fingerprint density at radius 2 is 2.27 bits per heavy atom. The average Bonchev–Trinajstić information content (AvgIpc) is 2.28. The molecule has 0 radical (unpaired) electrons. The molecule has 0 saturated carbocycles. The van der Waals surface area contributed by atoms with E-state index in [2.05, 4.69) is 16.5 Å². The van der Waals surface area contributed by atoms with Crippen LogP contribution in [0.1, 0.15) is 5.56 Å². The molecule has 2 aromatic rings. The molecule has 0 amide bonds. The quantitative estimate of drug-likeness (QED) is 0.753. The maximum absolute atomic E-state index is 13.4. The van der Waals surface area contributed by atoms with Gasteiger partial charge in [0, 0.05) is 5.56 Å². The number of methoxy groups -OCH3 is 1. The zero-order valence-corrected chi connectivity index (χ0v) is 8.20. The van der Waals surface area contributed by atoms with Crippen LogP contribution in [0.3, 0.4) is 0 Å². The first-order valence-electron chi connectivity index (χ1n) is 4.38. The largest absolute Gasteiger partial charge is 0.480 e. The van der Waals surface area contributed by atoms with Crippen molar-refractivity contribution in [3.05, 3.63) is 36.3 Å². The Balaban J connectivity index is 2.81. The first-order chi connectivity index (χ1) is 7.26. The topological polar surface area (TPSA) is 35.0 Å². The van der Waals surface area contributed by atoms with Crippen LogP contribution in [0.5, 0.6) is 5.88 Å². The molecule has 1 heterocycles. The van der Waals surface area contributed by atoms with Crippen molar-refractivity contribution in [1.29, 1.82) is 0 Å². The Morgan fingerprint density at radius 1 is 1.47 bits per heavy atom. The lowest BCUT2D eigenvalue weighted by molar-refractivity contribution is 0.397. The minimum atomic E-state index is -0.361. The summed E-state index contributed by atoms with van der Waals surface area (Å²) >= 11 is 0. The fourth-order valence-electron chi connectivity index (χ4n) is 1.35. The van der Waals surface area contributed by atoms with E-state index in [1.54, 1.807) is 6.07 Å². The molecule has 2 rings (SSSR count). The molecule has 1 aromatic carbocycles. The second-order valence-electron chi connectivity index (χ2n) is 2.95. The Bertz CT molecular complexity index is 525. The molecule has 0 unspecified atom stereocenters. The highest BCUT2D eigenvalue weighted by atomic mass is 19.1. The molecule has 0 aliphatic rings. The van der Waals surface area contributed by atoms with Crippen molar-refractivity contribution in [2.24, 2.45) is 0 Å². The molecule has 0 aliphatic heterocycles. The number of nitrogens with zero attached hydrogens (tertiary/aromatic N) is 2. The number of rotatable bonds is 2. The third kappa shape index (κ3) is 1.54. The van der Waals surface area contributed by atoms with Gasteiger partial charge < -0.3 is 4.74 Å². The Kier molecular flexibility index (Phi) is 2.33. The molecule has 76 valence electrons. The number of hydrogen-bond donors (Lipinski definition) is 0. The molecule has 0 N–H and O–H groups in total. The van der Waals surface area contributed by atoms with E-state index in [4.69, 9.17) is 4.74 Å². The second kappa shape index (κ2) is 3.65. The summed E-state index contributed by atoms with van der Waals surface area (Å²) in [7, 11) is 1.49. The monoisotopic (exact) mass is 204 g/mol. The zero-order chi connectivity index (χ0) is 10.8. The molecule has 1 aromatic heterocycles. The third-order valence-corrected chi connectivity index (χ3v) is 2.09. The summed E-state index contributed by atoms with van der Waals surface area (Å²) in [5.74, 6) is -0.00347. The van der Waals surface area contributed by atoms with Crippen LogP contribution in [-0.4, -0.2) is 17.1 Å². The summed E-state index contributed by atoms with van der Waals surface area (Å²) < 4.78 is 18.3. The van der Waals surface area contributed by atoms with Crippen LogP contribution < -0.4 is 4.74 Å². The van der Waals surface area contributed by atoms with Crippen LogP contribution in [0.25, 0.3) is 17.1 Å². The zero-order valence-electron chi connectivity index (χ0n) is 8.20. The van der Waals surface area contributed by atoms with Gasteiger partial charge >= 0.3 is 0 Å². The Hall–Kier alpha value is -1.97. The van der Waals surface area contributed by atoms with Crippen LogP contribution >= 0.6 is 0 Å². The van der Waals surface area contributed by atoms with Crippen molar-refractivity contribution in [3.8, 4) is 5.88 Å². The van der Waals surface area contributed by atoms with Crippen LogP contribution in [0.4, 0.5) is 4.39 Å². The number of fused-ring (bicyclic) bond motifs is 1. The molecule has 0 aliphatic carbocycles. The summed E-state index contributed by atoms with van der Waals surface area (Å²) in [6, 6.07) is 2.92. The van der Waals surface area contributed by atoms with Gasteiger partial charge in [-0.3, -0.25) is 0 Å². The maximum Gasteiger partial charge on any atom is 0.232 e. The van der Waals surface area contributed by atoms with E-state index in [-0.39, 0.29) is 5.82 Å². The number of hydrogen-bond acceptors (Lipinski definition) is 3. The van der Waals surface area contributed by atoms with Gasteiger partial charge in [-0.15, -0.1) is 0 Å². The smallest absolute Gasteiger partial charge is 0.232 e. The lowest BCUT2D eigenvalue weighted by Gasteiger charge is -2.04. The normalized spacial score (nSPS) is 10.3. The maximum atomic E-state index is 13.4. The standard InChI is InChI=1S/C11H9FN2O/c1-3-7-8(12)4-5-9-11(7)14-10(15-2)6-13-9/h3-6H,1H2,2H3. The van der Waals surface area contributed by atoms with E-state index in [1.807, 2.05) is 0 Å². The van der Waals surface area contributed by atoms with Gasteiger partial charge in [-0.05, 0) is 12.1 Å². The number of ether oxygens (including phenoxy) is 1. The summed E-state index contributed by atoms with van der Waals surface area (Å²) in [6.07, 6.45) is 2.92. The van der Waals surface area contributed by atoms with Crippen molar-refractivity contribution in [2.45, 2.75) is 0 Å². The third-order valence-electron chi connectivity index (χ3n) is 2.09. The van der Waals surface area contributed by atoms with Crippen molar-refractivity contribution in [3.63, 3.8) is 0 Å². The first-order valence-corrected chi connectivity index (χ1v) is 4.38. The first kappa shape index (κ1) is 9.58. The van der Waals surface area contributed by atoms with E-state index in [1.165, 1.54) is 25.4 Å². The highest BCUT2D eigenvalue weighted by molar-refractivity contribution is 5.84. The minimum Gasteiger partial charge on any atom is -0.480 e.